The van der Waals surface area contributed by atoms with Crippen LogP contribution in [0.5, 0.6) is 0 Å². The van der Waals surface area contributed by atoms with Gasteiger partial charge in [0.2, 0.25) is 10.0 Å². The largest absolute Gasteiger partial charge is 0.396 e. The molecule has 0 amide bonds. The molecule has 0 bridgehead atoms. The molecule has 1 saturated heterocycles. The van der Waals surface area contributed by atoms with Crippen molar-refractivity contribution in [3.05, 3.63) is 0 Å². The third kappa shape index (κ3) is 3.74. The topological polar surface area (TPSA) is 57.6 Å². The fourth-order valence-corrected chi connectivity index (χ4v) is 3.87. The molecule has 15 heavy (non-hydrogen) atoms. The van der Waals surface area contributed by atoms with E-state index in [1.807, 2.05) is 13.8 Å². The predicted octanol–water partition coefficient (Wildman–Crippen LogP) is 0.676. The van der Waals surface area contributed by atoms with Crippen molar-refractivity contribution in [2.75, 3.05) is 25.4 Å². The molecule has 4 nitrogen and oxygen atoms in total. The van der Waals surface area contributed by atoms with Crippen molar-refractivity contribution in [1.82, 2.24) is 4.31 Å². The van der Waals surface area contributed by atoms with Crippen molar-refractivity contribution >= 4 is 10.0 Å². The maximum Gasteiger partial charge on any atom is 0.214 e. The van der Waals surface area contributed by atoms with Gasteiger partial charge in [-0.1, -0.05) is 13.8 Å². The molecule has 1 heterocycles. The first-order valence-corrected chi connectivity index (χ1v) is 7.15. The van der Waals surface area contributed by atoms with Crippen LogP contribution in [0.2, 0.25) is 0 Å². The fraction of sp³-hybridized carbons (Fsp3) is 1.00. The third-order valence-electron chi connectivity index (χ3n) is 2.72. The number of rotatable bonds is 5. The van der Waals surface area contributed by atoms with Crippen molar-refractivity contribution in [3.8, 4) is 0 Å². The Bertz CT molecular complexity index is 287. The highest BCUT2D eigenvalue weighted by atomic mass is 32.2. The van der Waals surface area contributed by atoms with Crippen molar-refractivity contribution in [3.63, 3.8) is 0 Å². The van der Waals surface area contributed by atoms with Crippen LogP contribution in [0.25, 0.3) is 0 Å². The molecule has 0 radical (unpaired) electrons. The van der Waals surface area contributed by atoms with Gasteiger partial charge >= 0.3 is 0 Å². The monoisotopic (exact) mass is 235 g/mol. The summed E-state index contributed by atoms with van der Waals surface area (Å²) in [7, 11) is -3.06. The summed E-state index contributed by atoms with van der Waals surface area (Å²) in [4.78, 5) is 0. The average molecular weight is 235 g/mol. The number of aliphatic hydroxyl groups excluding tert-OH is 1. The Hall–Kier alpha value is -0.130. The Kier molecular flexibility index (Phi) is 4.55. The molecule has 0 aliphatic carbocycles. The molecule has 1 aliphatic heterocycles. The number of sulfonamides is 1. The first-order valence-electron chi connectivity index (χ1n) is 5.54. The average Bonchev–Trinajstić information content (AvgIpc) is 2.51. The lowest BCUT2D eigenvalue weighted by atomic mass is 10.1. The summed E-state index contributed by atoms with van der Waals surface area (Å²) in [6.07, 6.45) is 1.60. The Morgan fingerprint density at radius 2 is 2.13 bits per heavy atom. The molecular weight excluding hydrogens is 214 g/mol. The molecule has 90 valence electrons. The summed E-state index contributed by atoms with van der Waals surface area (Å²) in [5.41, 5.74) is 0. The Morgan fingerprint density at radius 1 is 1.47 bits per heavy atom. The van der Waals surface area contributed by atoms with Crippen LogP contribution in [0, 0.1) is 11.8 Å². The maximum atomic E-state index is 11.9. The van der Waals surface area contributed by atoms with Crippen molar-refractivity contribution in [1.29, 1.82) is 0 Å². The van der Waals surface area contributed by atoms with E-state index in [2.05, 4.69) is 0 Å². The molecule has 5 heteroatoms. The smallest absolute Gasteiger partial charge is 0.214 e. The van der Waals surface area contributed by atoms with Crippen LogP contribution in [0.1, 0.15) is 26.7 Å². The number of hydrogen-bond acceptors (Lipinski definition) is 3. The van der Waals surface area contributed by atoms with E-state index in [0.717, 1.165) is 6.42 Å². The second kappa shape index (κ2) is 5.27. The molecule has 0 aromatic rings. The molecule has 1 unspecified atom stereocenters. The van der Waals surface area contributed by atoms with Gasteiger partial charge in [0.25, 0.3) is 0 Å². The molecule has 1 rings (SSSR count). The van der Waals surface area contributed by atoms with Gasteiger partial charge < -0.3 is 5.11 Å². The number of hydrogen-bond donors (Lipinski definition) is 1. The SMILES string of the molecule is CC(C)CS(=O)(=O)N1CCC(CCO)C1. The van der Waals surface area contributed by atoms with Gasteiger partial charge in [-0.15, -0.1) is 0 Å². The Labute approximate surface area is 92.3 Å². The van der Waals surface area contributed by atoms with Gasteiger partial charge in [-0.25, -0.2) is 12.7 Å². The molecule has 0 saturated carbocycles. The van der Waals surface area contributed by atoms with Gasteiger partial charge in [-0.05, 0) is 24.7 Å². The van der Waals surface area contributed by atoms with E-state index < -0.39 is 10.0 Å². The van der Waals surface area contributed by atoms with E-state index >= 15 is 0 Å². The van der Waals surface area contributed by atoms with E-state index in [1.165, 1.54) is 0 Å². The molecule has 1 fully saturated rings. The van der Waals surface area contributed by atoms with Crippen molar-refractivity contribution < 1.29 is 13.5 Å². The van der Waals surface area contributed by atoms with E-state index in [-0.39, 0.29) is 18.3 Å². The molecule has 0 aromatic carbocycles. The van der Waals surface area contributed by atoms with Crippen molar-refractivity contribution in [2.45, 2.75) is 26.7 Å². The molecular formula is C10H21NO3S. The molecule has 1 atom stereocenters. The quantitative estimate of drug-likeness (QED) is 0.762. The number of aliphatic hydroxyl groups is 1. The van der Waals surface area contributed by atoms with Gasteiger partial charge in [0.05, 0.1) is 5.75 Å². The zero-order chi connectivity index (χ0) is 11.5. The summed E-state index contributed by atoms with van der Waals surface area (Å²) in [5.74, 6) is 0.752. The van der Waals surface area contributed by atoms with E-state index in [9.17, 15) is 8.42 Å². The molecule has 0 spiro atoms. The Balaban J connectivity index is 2.52. The van der Waals surface area contributed by atoms with Crippen LogP contribution < -0.4 is 0 Å². The fourth-order valence-electron chi connectivity index (χ4n) is 1.99. The highest BCUT2D eigenvalue weighted by Crippen LogP contribution is 2.22. The van der Waals surface area contributed by atoms with Gasteiger partial charge in [0.1, 0.15) is 0 Å². The Morgan fingerprint density at radius 3 is 2.67 bits per heavy atom. The van der Waals surface area contributed by atoms with Crippen LogP contribution in [0.3, 0.4) is 0 Å². The van der Waals surface area contributed by atoms with Crippen LogP contribution in [-0.2, 0) is 10.0 Å². The summed E-state index contributed by atoms with van der Waals surface area (Å²) < 4.78 is 25.3. The molecule has 0 aromatic heterocycles. The molecule has 1 aliphatic rings. The maximum absolute atomic E-state index is 11.9. The van der Waals surface area contributed by atoms with E-state index in [4.69, 9.17) is 5.11 Å². The van der Waals surface area contributed by atoms with Gasteiger partial charge in [0, 0.05) is 19.7 Å². The first-order chi connectivity index (χ1) is 6.95. The van der Waals surface area contributed by atoms with Crippen LogP contribution in [0.4, 0.5) is 0 Å². The van der Waals surface area contributed by atoms with Crippen LogP contribution in [-0.4, -0.2) is 43.3 Å². The lowest BCUT2D eigenvalue weighted by molar-refractivity contribution is 0.259. The van der Waals surface area contributed by atoms with Gasteiger partial charge in [-0.2, -0.15) is 0 Å². The van der Waals surface area contributed by atoms with Gasteiger partial charge in [0.15, 0.2) is 0 Å². The summed E-state index contributed by atoms with van der Waals surface area (Å²) >= 11 is 0. The lowest BCUT2D eigenvalue weighted by Crippen LogP contribution is -2.32. The minimum Gasteiger partial charge on any atom is -0.396 e. The van der Waals surface area contributed by atoms with E-state index in [1.54, 1.807) is 4.31 Å². The zero-order valence-corrected chi connectivity index (χ0v) is 10.3. The zero-order valence-electron chi connectivity index (χ0n) is 9.52. The highest BCUT2D eigenvalue weighted by Gasteiger charge is 2.31. The third-order valence-corrected chi connectivity index (χ3v) is 4.93. The first kappa shape index (κ1) is 12.9. The van der Waals surface area contributed by atoms with Gasteiger partial charge in [-0.3, -0.25) is 0 Å². The molecule has 1 N–H and O–H groups in total. The highest BCUT2D eigenvalue weighted by molar-refractivity contribution is 7.89. The van der Waals surface area contributed by atoms with Crippen molar-refractivity contribution in [2.24, 2.45) is 11.8 Å². The predicted molar refractivity (Wildman–Crippen MR) is 60.0 cm³/mol. The standard InChI is InChI=1S/C10H21NO3S/c1-9(2)8-15(13,14)11-5-3-10(7-11)4-6-12/h9-10,12H,3-8H2,1-2H3. The van der Waals surface area contributed by atoms with Crippen LogP contribution in [0.15, 0.2) is 0 Å². The van der Waals surface area contributed by atoms with E-state index in [0.29, 0.717) is 25.4 Å². The second-order valence-electron chi connectivity index (χ2n) is 4.70. The minimum absolute atomic E-state index is 0.155. The number of nitrogens with zero attached hydrogens (tertiary/aromatic N) is 1. The normalized spacial score (nSPS) is 23.9. The van der Waals surface area contributed by atoms with Crippen LogP contribution >= 0.6 is 0 Å². The summed E-state index contributed by atoms with van der Waals surface area (Å²) in [6, 6.07) is 0. The second-order valence-corrected chi connectivity index (χ2v) is 6.71. The summed E-state index contributed by atoms with van der Waals surface area (Å²) in [5, 5.41) is 8.79. The summed E-state index contributed by atoms with van der Waals surface area (Å²) in [6.45, 7) is 5.20. The minimum atomic E-state index is -3.06. The lowest BCUT2D eigenvalue weighted by Gasteiger charge is -2.17.